The first-order valence-electron chi connectivity index (χ1n) is 9.52. The highest BCUT2D eigenvalue weighted by Crippen LogP contribution is 2.43. The largest absolute Gasteiger partial charge is 0.384 e. The molecule has 0 saturated carbocycles. The number of aliphatic hydroxyl groups is 1. The van der Waals surface area contributed by atoms with E-state index in [9.17, 15) is 5.11 Å². The van der Waals surface area contributed by atoms with Gasteiger partial charge in [-0.3, -0.25) is 0 Å². The number of hydrogen-bond donors (Lipinski definition) is 2. The Labute approximate surface area is 154 Å². The summed E-state index contributed by atoms with van der Waals surface area (Å²) in [5, 5.41) is 14.4. The summed E-state index contributed by atoms with van der Waals surface area (Å²) in [4.78, 5) is 0. The molecule has 0 saturated heterocycles. The van der Waals surface area contributed by atoms with Crippen LogP contribution in [0.3, 0.4) is 0 Å². The lowest BCUT2D eigenvalue weighted by molar-refractivity contribution is 0.225. The molecule has 3 aromatic rings. The Hall–Kier alpha value is -2.42. The van der Waals surface area contributed by atoms with Gasteiger partial charge in [0.2, 0.25) is 0 Å². The van der Waals surface area contributed by atoms with Crippen molar-refractivity contribution in [1.82, 2.24) is 5.32 Å². The zero-order valence-electron chi connectivity index (χ0n) is 14.8. The number of fused-ring (bicyclic) bond motifs is 4. The average molecular weight is 341 g/mol. The standard InChI is InChI=1S/C24H23NO/c26-24-21-10-4-3-9-19(21)20-13-12-16(14-22(20)24)15-25-23-11-5-7-17-6-1-2-8-18(17)23/h1-4,6,8-10,12-14,23-26H,5,7,11,15H2/t23-,24?/m0/s1. The third-order valence-electron chi connectivity index (χ3n) is 5.88. The summed E-state index contributed by atoms with van der Waals surface area (Å²) in [5.74, 6) is 0. The second kappa shape index (κ2) is 6.39. The van der Waals surface area contributed by atoms with Gasteiger partial charge in [0.25, 0.3) is 0 Å². The number of rotatable bonds is 3. The maximum atomic E-state index is 10.7. The van der Waals surface area contributed by atoms with E-state index in [1.165, 1.54) is 41.5 Å². The fraction of sp³-hybridized carbons (Fsp3) is 0.250. The average Bonchev–Trinajstić information content (AvgIpc) is 2.99. The van der Waals surface area contributed by atoms with E-state index in [0.29, 0.717) is 6.04 Å². The lowest BCUT2D eigenvalue weighted by atomic mass is 9.87. The number of aliphatic hydroxyl groups excluding tert-OH is 1. The number of hydrogen-bond acceptors (Lipinski definition) is 2. The van der Waals surface area contributed by atoms with E-state index in [1.54, 1.807) is 0 Å². The molecule has 5 rings (SSSR count). The Morgan fingerprint density at radius 3 is 2.54 bits per heavy atom. The van der Waals surface area contributed by atoms with Crippen molar-refractivity contribution in [2.24, 2.45) is 0 Å². The Morgan fingerprint density at radius 1 is 0.846 bits per heavy atom. The fourth-order valence-electron chi connectivity index (χ4n) is 4.55. The van der Waals surface area contributed by atoms with Gasteiger partial charge >= 0.3 is 0 Å². The second-order valence-corrected chi connectivity index (χ2v) is 7.44. The highest BCUT2D eigenvalue weighted by Gasteiger charge is 2.26. The maximum Gasteiger partial charge on any atom is 0.105 e. The second-order valence-electron chi connectivity index (χ2n) is 7.44. The minimum absolute atomic E-state index is 0.426. The molecule has 2 aliphatic carbocycles. The van der Waals surface area contributed by atoms with E-state index in [0.717, 1.165) is 23.2 Å². The van der Waals surface area contributed by atoms with E-state index in [-0.39, 0.29) is 0 Å². The number of aryl methyl sites for hydroxylation is 1. The Bertz CT molecular complexity index is 962. The van der Waals surface area contributed by atoms with Crippen molar-refractivity contribution in [2.75, 3.05) is 0 Å². The summed E-state index contributed by atoms with van der Waals surface area (Å²) in [6.45, 7) is 0.829. The van der Waals surface area contributed by atoms with E-state index in [2.05, 4.69) is 53.8 Å². The van der Waals surface area contributed by atoms with Gasteiger partial charge in [-0.2, -0.15) is 0 Å². The van der Waals surface area contributed by atoms with E-state index in [1.807, 2.05) is 18.2 Å². The minimum Gasteiger partial charge on any atom is -0.384 e. The molecule has 2 N–H and O–H groups in total. The first-order valence-corrected chi connectivity index (χ1v) is 9.52. The van der Waals surface area contributed by atoms with Crippen molar-refractivity contribution in [3.63, 3.8) is 0 Å². The van der Waals surface area contributed by atoms with Gasteiger partial charge in [-0.1, -0.05) is 66.7 Å². The summed E-state index contributed by atoms with van der Waals surface area (Å²) in [6, 6.07) is 23.9. The predicted octanol–water partition coefficient (Wildman–Crippen LogP) is 4.92. The monoisotopic (exact) mass is 341 g/mol. The zero-order valence-corrected chi connectivity index (χ0v) is 14.8. The van der Waals surface area contributed by atoms with Crippen LogP contribution in [0.4, 0.5) is 0 Å². The molecule has 1 unspecified atom stereocenters. The molecule has 0 heterocycles. The van der Waals surface area contributed by atoms with Gasteiger partial charge in [-0.15, -0.1) is 0 Å². The predicted molar refractivity (Wildman–Crippen MR) is 105 cm³/mol. The number of benzene rings is 3. The van der Waals surface area contributed by atoms with Crippen LogP contribution in [-0.4, -0.2) is 5.11 Å². The molecule has 0 aromatic heterocycles. The van der Waals surface area contributed by atoms with Crippen LogP contribution in [0.2, 0.25) is 0 Å². The molecule has 26 heavy (non-hydrogen) atoms. The minimum atomic E-state index is -0.503. The van der Waals surface area contributed by atoms with Gasteiger partial charge in [0, 0.05) is 12.6 Å². The van der Waals surface area contributed by atoms with Gasteiger partial charge in [-0.25, -0.2) is 0 Å². The molecule has 0 amide bonds. The van der Waals surface area contributed by atoms with Crippen molar-refractivity contribution in [2.45, 2.75) is 38.0 Å². The van der Waals surface area contributed by atoms with Gasteiger partial charge in [-0.05, 0) is 58.2 Å². The molecule has 0 spiro atoms. The zero-order chi connectivity index (χ0) is 17.5. The van der Waals surface area contributed by atoms with Crippen LogP contribution in [0, 0.1) is 0 Å². The third-order valence-corrected chi connectivity index (χ3v) is 5.88. The summed E-state index contributed by atoms with van der Waals surface area (Å²) in [5.41, 5.74) is 8.56. The Kier molecular flexibility index (Phi) is 3.88. The van der Waals surface area contributed by atoms with Crippen molar-refractivity contribution in [1.29, 1.82) is 0 Å². The van der Waals surface area contributed by atoms with Crippen molar-refractivity contribution in [3.05, 3.63) is 94.5 Å². The summed E-state index contributed by atoms with van der Waals surface area (Å²) >= 11 is 0. The van der Waals surface area contributed by atoms with Crippen LogP contribution in [-0.2, 0) is 13.0 Å². The molecule has 2 atom stereocenters. The van der Waals surface area contributed by atoms with Gasteiger partial charge in [0.05, 0.1) is 0 Å². The van der Waals surface area contributed by atoms with Gasteiger partial charge in [0.15, 0.2) is 0 Å². The molecule has 130 valence electrons. The quantitative estimate of drug-likeness (QED) is 0.709. The molecule has 0 radical (unpaired) electrons. The van der Waals surface area contributed by atoms with Gasteiger partial charge in [0.1, 0.15) is 6.10 Å². The molecule has 0 bridgehead atoms. The van der Waals surface area contributed by atoms with Crippen LogP contribution < -0.4 is 5.32 Å². The van der Waals surface area contributed by atoms with Crippen LogP contribution in [0.25, 0.3) is 11.1 Å². The summed E-state index contributed by atoms with van der Waals surface area (Å²) in [7, 11) is 0. The van der Waals surface area contributed by atoms with E-state index >= 15 is 0 Å². The topological polar surface area (TPSA) is 32.3 Å². The van der Waals surface area contributed by atoms with Crippen LogP contribution in [0.1, 0.15) is 52.8 Å². The first-order chi connectivity index (χ1) is 12.8. The Balaban J connectivity index is 1.37. The highest BCUT2D eigenvalue weighted by molar-refractivity contribution is 5.78. The molecule has 2 heteroatoms. The smallest absolute Gasteiger partial charge is 0.105 e. The Morgan fingerprint density at radius 2 is 1.62 bits per heavy atom. The first kappa shape index (κ1) is 15.8. The van der Waals surface area contributed by atoms with Crippen LogP contribution in [0.5, 0.6) is 0 Å². The summed E-state index contributed by atoms with van der Waals surface area (Å²) < 4.78 is 0. The van der Waals surface area contributed by atoms with Crippen molar-refractivity contribution >= 4 is 0 Å². The van der Waals surface area contributed by atoms with Crippen LogP contribution in [0.15, 0.2) is 66.7 Å². The van der Waals surface area contributed by atoms with Crippen molar-refractivity contribution < 1.29 is 5.11 Å². The third kappa shape index (κ3) is 2.57. The van der Waals surface area contributed by atoms with Gasteiger partial charge < -0.3 is 10.4 Å². The molecular formula is C24H23NO. The van der Waals surface area contributed by atoms with E-state index < -0.39 is 6.10 Å². The molecule has 0 fully saturated rings. The molecular weight excluding hydrogens is 318 g/mol. The van der Waals surface area contributed by atoms with Crippen LogP contribution >= 0.6 is 0 Å². The normalized spacial score (nSPS) is 20.3. The summed E-state index contributed by atoms with van der Waals surface area (Å²) in [6.07, 6.45) is 3.12. The molecule has 0 aliphatic heterocycles. The van der Waals surface area contributed by atoms with E-state index in [4.69, 9.17) is 0 Å². The SMILES string of the molecule is OC1c2ccccc2-c2ccc(CN[C@H]3CCCc4ccccc43)cc21. The highest BCUT2D eigenvalue weighted by atomic mass is 16.3. The maximum absolute atomic E-state index is 10.7. The van der Waals surface area contributed by atoms with Crippen molar-refractivity contribution in [3.8, 4) is 11.1 Å². The molecule has 3 aromatic carbocycles. The fourth-order valence-corrected chi connectivity index (χ4v) is 4.55. The lowest BCUT2D eigenvalue weighted by Crippen LogP contribution is -2.24. The number of nitrogens with one attached hydrogen (secondary N) is 1. The lowest BCUT2D eigenvalue weighted by Gasteiger charge is -2.26. The molecule has 2 aliphatic rings. The molecule has 2 nitrogen and oxygen atoms in total.